The number of hydrogen-bond donors (Lipinski definition) is 4. The first-order chi connectivity index (χ1) is 15.0. The van der Waals surface area contributed by atoms with Crippen LogP contribution in [0.2, 0.25) is 5.02 Å². The number of carbonyl (C=O) groups is 1. The number of fused-ring (bicyclic) bond motifs is 1. The minimum absolute atomic E-state index is 0.0699. The van der Waals surface area contributed by atoms with E-state index in [1.807, 2.05) is 36.4 Å². The largest absolute Gasteiger partial charge is 0.497 e. The second-order valence-electron chi connectivity index (χ2n) is 6.98. The van der Waals surface area contributed by atoms with Gasteiger partial charge in [-0.3, -0.25) is 4.79 Å². The Bertz CT molecular complexity index is 1140. The average Bonchev–Trinajstić information content (AvgIpc) is 2.79. The third-order valence-electron chi connectivity index (χ3n) is 5.05. The zero-order valence-corrected chi connectivity index (χ0v) is 17.8. The first kappa shape index (κ1) is 22.3. The lowest BCUT2D eigenvalue weighted by Crippen LogP contribution is -2.29. The molecule has 0 aromatic heterocycles. The summed E-state index contributed by atoms with van der Waals surface area (Å²) < 4.78 is 5.26. The maximum atomic E-state index is 13.0. The molecule has 7 heteroatoms. The number of rotatable bonds is 8. The third-order valence-corrected chi connectivity index (χ3v) is 5.37. The van der Waals surface area contributed by atoms with Crippen molar-refractivity contribution >= 4 is 40.1 Å². The predicted molar refractivity (Wildman–Crippen MR) is 125 cm³/mol. The number of aliphatic hydroxyl groups excluding tert-OH is 1. The zero-order valence-electron chi connectivity index (χ0n) is 17.1. The molecule has 1 atom stereocenters. The van der Waals surface area contributed by atoms with Crippen LogP contribution >= 0.6 is 11.6 Å². The Morgan fingerprint density at radius 1 is 1.23 bits per heavy atom. The van der Waals surface area contributed by atoms with Crippen LogP contribution in [-0.2, 0) is 0 Å². The Morgan fingerprint density at radius 3 is 2.71 bits per heavy atom. The van der Waals surface area contributed by atoms with Gasteiger partial charge in [-0.15, -0.1) is 0 Å². The van der Waals surface area contributed by atoms with E-state index in [2.05, 4.69) is 5.32 Å². The van der Waals surface area contributed by atoms with Gasteiger partial charge in [-0.1, -0.05) is 29.8 Å². The Morgan fingerprint density at radius 2 is 2.03 bits per heavy atom. The van der Waals surface area contributed by atoms with Gasteiger partial charge in [0.2, 0.25) is 0 Å². The summed E-state index contributed by atoms with van der Waals surface area (Å²) in [6.07, 6.45) is 2.83. The normalized spacial score (nSPS) is 12.4. The van der Waals surface area contributed by atoms with Crippen molar-refractivity contribution in [1.82, 2.24) is 5.32 Å². The maximum Gasteiger partial charge on any atom is 0.251 e. The van der Waals surface area contributed by atoms with Crippen molar-refractivity contribution in [3.05, 3.63) is 82.5 Å². The molecule has 0 spiro atoms. The summed E-state index contributed by atoms with van der Waals surface area (Å²) in [6, 6.07) is 15.9. The molecule has 160 valence electrons. The molecule has 0 fully saturated rings. The molecule has 5 N–H and O–H groups in total. The van der Waals surface area contributed by atoms with Crippen molar-refractivity contribution < 1.29 is 14.6 Å². The smallest absolute Gasteiger partial charge is 0.251 e. The number of ether oxygens (including phenoxy) is 1. The van der Waals surface area contributed by atoms with E-state index in [4.69, 9.17) is 27.5 Å². The number of hydrogen-bond acceptors (Lipinski definition) is 5. The lowest BCUT2D eigenvalue weighted by molar-refractivity contribution is 0.0930. The third kappa shape index (κ3) is 5.05. The molecule has 0 aliphatic carbocycles. The second kappa shape index (κ2) is 10.1. The Kier molecular flexibility index (Phi) is 7.28. The quantitative estimate of drug-likeness (QED) is 0.394. The number of allylic oxidation sites excluding steroid dienone is 1. The van der Waals surface area contributed by atoms with E-state index in [0.717, 1.165) is 22.6 Å². The van der Waals surface area contributed by atoms with Crippen LogP contribution in [0.15, 0.2) is 60.8 Å². The van der Waals surface area contributed by atoms with Crippen LogP contribution in [0.25, 0.3) is 16.3 Å². The molecule has 3 rings (SSSR count). The topological polar surface area (TPSA) is 108 Å². The molecule has 0 aliphatic rings. The number of methoxy groups -OCH3 is 1. The summed E-state index contributed by atoms with van der Waals surface area (Å²) in [5.74, 6) is 0.418. The van der Waals surface area contributed by atoms with Crippen molar-refractivity contribution in [3.63, 3.8) is 0 Å². The summed E-state index contributed by atoms with van der Waals surface area (Å²) in [5.41, 5.74) is 8.03. The summed E-state index contributed by atoms with van der Waals surface area (Å²) in [4.78, 5) is 13.0. The van der Waals surface area contributed by atoms with Crippen molar-refractivity contribution in [2.24, 2.45) is 5.73 Å². The SMILES string of the molecule is COc1cccc(C(CCO)NC(=O)c2ccc3cc(Cl)c(/C(C=N)=C/N)cc3c2)c1. The molecule has 0 saturated heterocycles. The van der Waals surface area contributed by atoms with Crippen LogP contribution < -0.4 is 15.8 Å². The lowest BCUT2D eigenvalue weighted by Gasteiger charge is -2.19. The van der Waals surface area contributed by atoms with E-state index < -0.39 is 0 Å². The van der Waals surface area contributed by atoms with Crippen molar-refractivity contribution in [2.45, 2.75) is 12.5 Å². The van der Waals surface area contributed by atoms with Crippen LogP contribution in [0.1, 0.15) is 33.9 Å². The Labute approximate surface area is 185 Å². The lowest BCUT2D eigenvalue weighted by atomic mass is 9.99. The highest BCUT2D eigenvalue weighted by Crippen LogP contribution is 2.29. The van der Waals surface area contributed by atoms with E-state index >= 15 is 0 Å². The number of nitrogens with two attached hydrogens (primary N) is 1. The highest BCUT2D eigenvalue weighted by atomic mass is 35.5. The van der Waals surface area contributed by atoms with Gasteiger partial charge in [-0.05, 0) is 59.2 Å². The molecule has 0 saturated carbocycles. The highest BCUT2D eigenvalue weighted by Gasteiger charge is 2.17. The van der Waals surface area contributed by atoms with Gasteiger partial charge in [-0.25, -0.2) is 0 Å². The standard InChI is InChI=1S/C24H24ClN3O3/c1-31-20-4-2-3-16(10-20)23(7-8-29)28-24(30)17-6-5-15-12-22(25)21(11-18(15)9-17)19(13-26)14-27/h2-6,9-14,23,26,29H,7-8,27H2,1H3,(H,28,30)/b19-14+,26-13?. The monoisotopic (exact) mass is 437 g/mol. The fourth-order valence-electron chi connectivity index (χ4n) is 3.40. The van der Waals surface area contributed by atoms with Crippen molar-refractivity contribution in [1.29, 1.82) is 5.41 Å². The fourth-order valence-corrected chi connectivity index (χ4v) is 3.68. The number of amides is 1. The van der Waals surface area contributed by atoms with Crippen LogP contribution in [0.4, 0.5) is 0 Å². The minimum Gasteiger partial charge on any atom is -0.497 e. The first-order valence-corrected chi connectivity index (χ1v) is 10.1. The number of benzene rings is 3. The molecular formula is C24H24ClN3O3. The van der Waals surface area contributed by atoms with E-state index in [1.54, 1.807) is 25.3 Å². The first-order valence-electron chi connectivity index (χ1n) is 9.72. The van der Waals surface area contributed by atoms with Crippen LogP contribution in [-0.4, -0.2) is 30.9 Å². The van der Waals surface area contributed by atoms with Crippen LogP contribution in [0, 0.1) is 5.41 Å². The molecule has 3 aromatic carbocycles. The molecule has 3 aromatic rings. The maximum absolute atomic E-state index is 13.0. The minimum atomic E-state index is -0.367. The molecule has 0 bridgehead atoms. The van der Waals surface area contributed by atoms with Crippen molar-refractivity contribution in [2.75, 3.05) is 13.7 Å². The zero-order chi connectivity index (χ0) is 22.4. The van der Waals surface area contributed by atoms with Crippen molar-refractivity contribution in [3.8, 4) is 5.75 Å². The van der Waals surface area contributed by atoms with Gasteiger partial charge >= 0.3 is 0 Å². The highest BCUT2D eigenvalue weighted by molar-refractivity contribution is 6.34. The van der Waals surface area contributed by atoms with Gasteiger partial charge < -0.3 is 26.3 Å². The number of carbonyl (C=O) groups excluding carboxylic acids is 1. The molecule has 6 nitrogen and oxygen atoms in total. The molecule has 0 aliphatic heterocycles. The Hall–Kier alpha value is -3.35. The average molecular weight is 438 g/mol. The summed E-state index contributed by atoms with van der Waals surface area (Å²) in [6.45, 7) is -0.0699. The summed E-state index contributed by atoms with van der Waals surface area (Å²) >= 11 is 6.34. The molecule has 0 radical (unpaired) electrons. The Balaban J connectivity index is 1.93. The van der Waals surface area contributed by atoms with E-state index in [9.17, 15) is 9.90 Å². The molecule has 0 heterocycles. The number of halogens is 1. The predicted octanol–water partition coefficient (Wildman–Crippen LogP) is 4.30. The van der Waals surface area contributed by atoms with Gasteiger partial charge in [0, 0.05) is 40.7 Å². The number of nitrogens with one attached hydrogen (secondary N) is 2. The van der Waals surface area contributed by atoms with E-state index in [0.29, 0.717) is 33.9 Å². The van der Waals surface area contributed by atoms with Gasteiger partial charge in [0.25, 0.3) is 5.91 Å². The van der Waals surface area contributed by atoms with E-state index in [-0.39, 0.29) is 18.6 Å². The van der Waals surface area contributed by atoms with Gasteiger partial charge in [0.1, 0.15) is 5.75 Å². The summed E-state index contributed by atoms with van der Waals surface area (Å²) in [5, 5.41) is 22.1. The van der Waals surface area contributed by atoms with E-state index in [1.165, 1.54) is 6.20 Å². The molecular weight excluding hydrogens is 414 g/mol. The molecule has 31 heavy (non-hydrogen) atoms. The molecule has 1 amide bonds. The van der Waals surface area contributed by atoms with Gasteiger partial charge in [-0.2, -0.15) is 0 Å². The second-order valence-corrected chi connectivity index (χ2v) is 7.38. The van der Waals surface area contributed by atoms with Gasteiger partial charge in [0.15, 0.2) is 0 Å². The number of aliphatic hydroxyl groups is 1. The van der Waals surface area contributed by atoms with Gasteiger partial charge in [0.05, 0.1) is 13.2 Å². The molecule has 1 unspecified atom stereocenters. The fraction of sp³-hybridized carbons (Fsp3) is 0.167. The summed E-state index contributed by atoms with van der Waals surface area (Å²) in [7, 11) is 1.58. The van der Waals surface area contributed by atoms with Crippen LogP contribution in [0.5, 0.6) is 5.75 Å². The van der Waals surface area contributed by atoms with Crippen LogP contribution in [0.3, 0.4) is 0 Å².